The molecule has 1 aromatic carbocycles. The van der Waals surface area contributed by atoms with Crippen LogP contribution in [0.5, 0.6) is 5.75 Å². The first-order valence-electron chi connectivity index (χ1n) is 4.80. The molecular weight excluding hydrogens is 192 g/mol. The van der Waals surface area contributed by atoms with Crippen molar-refractivity contribution in [3.05, 3.63) is 29.8 Å². The minimum absolute atomic E-state index is 0. The Bertz CT molecular complexity index is 229. The molecule has 0 aliphatic heterocycles. The maximum absolute atomic E-state index is 7.00. The zero-order valence-corrected chi connectivity index (χ0v) is 9.95. The first-order chi connectivity index (χ1) is 6.72. The Labute approximate surface area is 92.0 Å². The van der Waals surface area contributed by atoms with Crippen LogP contribution in [-0.4, -0.2) is 24.8 Å². The van der Waals surface area contributed by atoms with Crippen molar-refractivity contribution in [3.8, 4) is 5.75 Å². The molecule has 15 heavy (non-hydrogen) atoms. The Kier molecular flexibility index (Phi) is 10.4. The van der Waals surface area contributed by atoms with Gasteiger partial charge < -0.3 is 15.3 Å². The van der Waals surface area contributed by atoms with E-state index in [4.69, 9.17) is 9.84 Å². The van der Waals surface area contributed by atoms with E-state index in [-0.39, 0.29) is 5.48 Å². The summed E-state index contributed by atoms with van der Waals surface area (Å²) in [4.78, 5) is 0. The van der Waals surface area contributed by atoms with Gasteiger partial charge in [0.15, 0.2) is 0 Å². The largest absolute Gasteiger partial charge is 0.497 e. The Morgan fingerprint density at radius 2 is 1.60 bits per heavy atom. The molecule has 0 saturated carbocycles. The summed E-state index contributed by atoms with van der Waals surface area (Å²) in [6, 6.07) is 8.27. The van der Waals surface area contributed by atoms with Crippen molar-refractivity contribution in [2.75, 3.05) is 14.2 Å². The van der Waals surface area contributed by atoms with Crippen LogP contribution in [0.1, 0.15) is 19.4 Å². The van der Waals surface area contributed by atoms with Crippen LogP contribution >= 0.6 is 0 Å². The van der Waals surface area contributed by atoms with Crippen molar-refractivity contribution in [2.24, 2.45) is 5.92 Å². The van der Waals surface area contributed by atoms with Crippen molar-refractivity contribution in [1.82, 2.24) is 0 Å². The molecular formula is C12H22O3. The van der Waals surface area contributed by atoms with Gasteiger partial charge in [0.2, 0.25) is 0 Å². The maximum Gasteiger partial charge on any atom is 0.118 e. The number of hydrogen-bond donors (Lipinski definition) is 1. The summed E-state index contributed by atoms with van der Waals surface area (Å²) < 4.78 is 5.07. The second-order valence-electron chi connectivity index (χ2n) is 3.45. The van der Waals surface area contributed by atoms with Gasteiger partial charge in [0.05, 0.1) is 7.11 Å². The van der Waals surface area contributed by atoms with Crippen LogP contribution in [0.2, 0.25) is 0 Å². The summed E-state index contributed by atoms with van der Waals surface area (Å²) in [5.41, 5.74) is 1.38. The van der Waals surface area contributed by atoms with Gasteiger partial charge in [0.25, 0.3) is 0 Å². The van der Waals surface area contributed by atoms with Crippen LogP contribution in [0.4, 0.5) is 0 Å². The number of aliphatic hydroxyl groups excluding tert-OH is 1. The fraction of sp³-hybridized carbons (Fsp3) is 0.500. The molecule has 3 heteroatoms. The fourth-order valence-electron chi connectivity index (χ4n) is 1.23. The van der Waals surface area contributed by atoms with Gasteiger partial charge in [-0.1, -0.05) is 26.0 Å². The first-order valence-corrected chi connectivity index (χ1v) is 4.80. The lowest BCUT2D eigenvalue weighted by Gasteiger charge is -2.05. The van der Waals surface area contributed by atoms with Crippen molar-refractivity contribution in [1.29, 1.82) is 0 Å². The van der Waals surface area contributed by atoms with Crippen LogP contribution in [0.25, 0.3) is 0 Å². The van der Waals surface area contributed by atoms with E-state index in [2.05, 4.69) is 26.0 Å². The predicted molar refractivity (Wildman–Crippen MR) is 63.3 cm³/mol. The summed E-state index contributed by atoms with van der Waals surface area (Å²) in [5, 5.41) is 7.00. The third-order valence-electron chi connectivity index (χ3n) is 1.80. The van der Waals surface area contributed by atoms with Crippen molar-refractivity contribution < 1.29 is 15.3 Å². The van der Waals surface area contributed by atoms with Gasteiger partial charge >= 0.3 is 0 Å². The summed E-state index contributed by atoms with van der Waals surface area (Å²) in [7, 11) is 2.69. The minimum atomic E-state index is 0. The van der Waals surface area contributed by atoms with E-state index in [0.29, 0.717) is 0 Å². The zero-order chi connectivity index (χ0) is 11.0. The number of ether oxygens (including phenoxy) is 1. The number of aliphatic hydroxyl groups is 1. The zero-order valence-electron chi connectivity index (χ0n) is 9.95. The Hall–Kier alpha value is -1.06. The monoisotopic (exact) mass is 214 g/mol. The van der Waals surface area contributed by atoms with Gasteiger partial charge in [-0.2, -0.15) is 0 Å². The average molecular weight is 214 g/mol. The normalized spacial score (nSPS) is 8.67. The van der Waals surface area contributed by atoms with E-state index in [1.54, 1.807) is 7.11 Å². The van der Waals surface area contributed by atoms with Gasteiger partial charge in [-0.05, 0) is 30.0 Å². The third-order valence-corrected chi connectivity index (χ3v) is 1.80. The van der Waals surface area contributed by atoms with Crippen LogP contribution < -0.4 is 4.74 Å². The molecule has 0 unspecified atom stereocenters. The molecule has 0 fully saturated rings. The molecule has 88 valence electrons. The van der Waals surface area contributed by atoms with E-state index in [1.807, 2.05) is 12.1 Å². The number of methoxy groups -OCH3 is 1. The van der Waals surface area contributed by atoms with E-state index in [0.717, 1.165) is 25.2 Å². The molecule has 0 atom stereocenters. The molecule has 1 rings (SSSR count). The molecule has 3 nitrogen and oxygen atoms in total. The second-order valence-corrected chi connectivity index (χ2v) is 3.45. The molecule has 1 aromatic rings. The first kappa shape index (κ1) is 16.4. The standard InChI is InChI=1S/C11H16O.CH4O.H2O/c1-9(2)8-10-4-6-11(12-3)7-5-10;1-2;/h4-7,9H,8H2,1-3H3;2H,1H3;1H2. The lowest BCUT2D eigenvalue weighted by Crippen LogP contribution is -1.93. The van der Waals surface area contributed by atoms with E-state index in [1.165, 1.54) is 5.56 Å². The molecule has 0 aliphatic rings. The van der Waals surface area contributed by atoms with Crippen molar-refractivity contribution in [3.63, 3.8) is 0 Å². The topological polar surface area (TPSA) is 61.0 Å². The van der Waals surface area contributed by atoms with Crippen LogP contribution in [0.15, 0.2) is 24.3 Å². The smallest absolute Gasteiger partial charge is 0.118 e. The van der Waals surface area contributed by atoms with Gasteiger partial charge in [-0.3, -0.25) is 0 Å². The van der Waals surface area contributed by atoms with E-state index < -0.39 is 0 Å². The molecule has 0 spiro atoms. The summed E-state index contributed by atoms with van der Waals surface area (Å²) in [6.07, 6.45) is 1.14. The van der Waals surface area contributed by atoms with Crippen molar-refractivity contribution in [2.45, 2.75) is 20.3 Å². The summed E-state index contributed by atoms with van der Waals surface area (Å²) in [6.45, 7) is 4.45. The predicted octanol–water partition coefficient (Wildman–Crippen LogP) is 1.68. The molecule has 0 amide bonds. The maximum atomic E-state index is 7.00. The second kappa shape index (κ2) is 9.49. The van der Waals surface area contributed by atoms with Crippen LogP contribution in [-0.2, 0) is 6.42 Å². The Morgan fingerprint density at radius 1 is 1.13 bits per heavy atom. The average Bonchev–Trinajstić information content (AvgIpc) is 2.21. The van der Waals surface area contributed by atoms with Crippen LogP contribution in [0.3, 0.4) is 0 Å². The van der Waals surface area contributed by atoms with Crippen LogP contribution in [0, 0.1) is 5.92 Å². The quantitative estimate of drug-likeness (QED) is 0.832. The van der Waals surface area contributed by atoms with Crippen molar-refractivity contribution >= 4 is 0 Å². The highest BCUT2D eigenvalue weighted by Crippen LogP contribution is 2.13. The Morgan fingerprint density at radius 3 is 1.93 bits per heavy atom. The fourth-order valence-corrected chi connectivity index (χ4v) is 1.23. The minimum Gasteiger partial charge on any atom is -0.497 e. The van der Waals surface area contributed by atoms with Gasteiger partial charge in [0, 0.05) is 7.11 Å². The highest BCUT2D eigenvalue weighted by atomic mass is 16.5. The molecule has 0 bridgehead atoms. The SMILES string of the molecule is CO.COc1ccc(CC(C)C)cc1.O. The Balaban J connectivity index is 0. The lowest BCUT2D eigenvalue weighted by atomic mass is 10.0. The molecule has 0 heterocycles. The number of benzene rings is 1. The molecule has 0 aromatic heterocycles. The highest BCUT2D eigenvalue weighted by Gasteiger charge is 1.97. The molecule has 3 N–H and O–H groups in total. The highest BCUT2D eigenvalue weighted by molar-refractivity contribution is 5.27. The van der Waals surface area contributed by atoms with Gasteiger partial charge in [0.1, 0.15) is 5.75 Å². The molecule has 0 saturated heterocycles. The molecule has 0 radical (unpaired) electrons. The van der Waals surface area contributed by atoms with Gasteiger partial charge in [-0.25, -0.2) is 0 Å². The third kappa shape index (κ3) is 6.94. The lowest BCUT2D eigenvalue weighted by molar-refractivity contribution is 0.399. The summed E-state index contributed by atoms with van der Waals surface area (Å²) >= 11 is 0. The number of rotatable bonds is 3. The number of hydrogen-bond acceptors (Lipinski definition) is 2. The van der Waals surface area contributed by atoms with E-state index in [9.17, 15) is 0 Å². The molecule has 0 aliphatic carbocycles. The summed E-state index contributed by atoms with van der Waals surface area (Å²) in [5.74, 6) is 1.65. The van der Waals surface area contributed by atoms with Gasteiger partial charge in [-0.15, -0.1) is 0 Å². The van der Waals surface area contributed by atoms with E-state index >= 15 is 0 Å².